The maximum Gasteiger partial charge on any atom is 0.314 e. The van der Waals surface area contributed by atoms with Crippen molar-refractivity contribution in [3.8, 4) is 11.5 Å². The number of rotatable bonds is 12. The van der Waals surface area contributed by atoms with Gasteiger partial charge in [-0.2, -0.15) is 0 Å². The molecule has 0 spiro atoms. The van der Waals surface area contributed by atoms with Crippen molar-refractivity contribution in [3.63, 3.8) is 0 Å². The third-order valence-corrected chi connectivity index (χ3v) is 2.87. The van der Waals surface area contributed by atoms with E-state index in [2.05, 4.69) is 10.2 Å². The monoisotopic (exact) mass is 359 g/mol. The van der Waals surface area contributed by atoms with Gasteiger partial charge in [-0.25, -0.2) is 0 Å². The van der Waals surface area contributed by atoms with Crippen molar-refractivity contribution in [1.29, 1.82) is 0 Å². The summed E-state index contributed by atoms with van der Waals surface area (Å²) in [6, 6.07) is 4.26. The second kappa shape index (κ2) is 10.3. The number of nitrogens with one attached hydrogen (secondary N) is 1. The lowest BCUT2D eigenvalue weighted by Gasteiger charge is -2.16. The molecule has 140 valence electrons. The van der Waals surface area contributed by atoms with Crippen molar-refractivity contribution >= 4 is 5.69 Å². The standard InChI is InChI=1S/C14H21N3O8/c1-10(2)15-8-11(18)9-24-13-5-3-4-12(16(19)20)14(13)23-6-7-25-17(21)22/h3-5,10-11,15,18H,6-9H2,1-2H3. The summed E-state index contributed by atoms with van der Waals surface area (Å²) in [7, 11) is 0. The van der Waals surface area contributed by atoms with E-state index in [0.717, 1.165) is 0 Å². The van der Waals surface area contributed by atoms with Gasteiger partial charge in [0.2, 0.25) is 5.75 Å². The van der Waals surface area contributed by atoms with E-state index in [-0.39, 0.29) is 43.0 Å². The van der Waals surface area contributed by atoms with Crippen molar-refractivity contribution in [2.45, 2.75) is 26.0 Å². The molecule has 1 rings (SSSR count). The van der Waals surface area contributed by atoms with Crippen molar-refractivity contribution in [1.82, 2.24) is 5.32 Å². The lowest BCUT2D eigenvalue weighted by molar-refractivity contribution is -0.757. The van der Waals surface area contributed by atoms with Gasteiger partial charge in [0.15, 0.2) is 5.75 Å². The van der Waals surface area contributed by atoms with Crippen molar-refractivity contribution in [2.75, 3.05) is 26.4 Å². The number of ether oxygens (including phenoxy) is 2. The molecular weight excluding hydrogens is 338 g/mol. The third kappa shape index (κ3) is 7.63. The molecule has 0 bridgehead atoms. The van der Waals surface area contributed by atoms with Crippen LogP contribution in [0.4, 0.5) is 5.69 Å². The molecular formula is C14H21N3O8. The molecule has 1 atom stereocenters. The zero-order chi connectivity index (χ0) is 18.8. The molecule has 0 amide bonds. The summed E-state index contributed by atoms with van der Waals surface area (Å²) in [4.78, 5) is 24.6. The van der Waals surface area contributed by atoms with Crippen molar-refractivity contribution in [2.24, 2.45) is 0 Å². The van der Waals surface area contributed by atoms with Crippen LogP contribution < -0.4 is 14.8 Å². The number of aliphatic hydroxyl groups is 1. The summed E-state index contributed by atoms with van der Waals surface area (Å²) in [5.74, 6) is -0.123. The molecule has 0 aliphatic heterocycles. The molecule has 1 unspecified atom stereocenters. The van der Waals surface area contributed by atoms with Crippen LogP contribution in [0, 0.1) is 20.2 Å². The first-order chi connectivity index (χ1) is 11.8. The fourth-order valence-electron chi connectivity index (χ4n) is 1.78. The fraction of sp³-hybridized carbons (Fsp3) is 0.571. The molecule has 0 heterocycles. The van der Waals surface area contributed by atoms with Crippen LogP contribution >= 0.6 is 0 Å². The molecule has 0 aliphatic carbocycles. The summed E-state index contributed by atoms with van der Waals surface area (Å²) in [5, 5.41) is 33.1. The normalized spacial score (nSPS) is 11.8. The van der Waals surface area contributed by atoms with Gasteiger partial charge < -0.3 is 24.7 Å². The van der Waals surface area contributed by atoms with Crippen LogP contribution in [0.2, 0.25) is 0 Å². The average Bonchev–Trinajstić information content (AvgIpc) is 2.54. The highest BCUT2D eigenvalue weighted by Crippen LogP contribution is 2.36. The fourth-order valence-corrected chi connectivity index (χ4v) is 1.78. The van der Waals surface area contributed by atoms with Gasteiger partial charge in [-0.05, 0) is 6.07 Å². The summed E-state index contributed by atoms with van der Waals surface area (Å²) in [6.45, 7) is 3.36. The van der Waals surface area contributed by atoms with Gasteiger partial charge in [-0.3, -0.25) is 10.1 Å². The number of nitrogens with zero attached hydrogens (tertiary/aromatic N) is 2. The van der Waals surface area contributed by atoms with E-state index < -0.39 is 16.1 Å². The highest BCUT2D eigenvalue weighted by Gasteiger charge is 2.21. The minimum absolute atomic E-state index is 0.0545. The number of aliphatic hydroxyl groups excluding tert-OH is 1. The van der Waals surface area contributed by atoms with Crippen molar-refractivity contribution < 1.29 is 29.4 Å². The molecule has 0 saturated carbocycles. The van der Waals surface area contributed by atoms with E-state index >= 15 is 0 Å². The van der Waals surface area contributed by atoms with Crippen LogP contribution in [0.5, 0.6) is 11.5 Å². The van der Waals surface area contributed by atoms with Crippen LogP contribution in [0.15, 0.2) is 18.2 Å². The van der Waals surface area contributed by atoms with E-state index in [1.54, 1.807) is 0 Å². The second-order valence-corrected chi connectivity index (χ2v) is 5.29. The lowest BCUT2D eigenvalue weighted by atomic mass is 10.2. The molecule has 0 aliphatic rings. The zero-order valence-electron chi connectivity index (χ0n) is 13.9. The van der Waals surface area contributed by atoms with Gasteiger partial charge in [-0.1, -0.05) is 19.9 Å². The minimum Gasteiger partial charge on any atom is -0.487 e. The van der Waals surface area contributed by atoms with Gasteiger partial charge in [0.1, 0.15) is 25.9 Å². The number of hydrogen-bond acceptors (Lipinski definition) is 9. The Morgan fingerprint density at radius 2 is 1.92 bits per heavy atom. The maximum atomic E-state index is 11.1. The Balaban J connectivity index is 2.74. The van der Waals surface area contributed by atoms with Gasteiger partial charge in [-0.15, -0.1) is 10.1 Å². The molecule has 11 nitrogen and oxygen atoms in total. The smallest absolute Gasteiger partial charge is 0.314 e. The molecule has 1 aromatic carbocycles. The van der Waals surface area contributed by atoms with Crippen LogP contribution in [0.1, 0.15) is 13.8 Å². The molecule has 0 fully saturated rings. The van der Waals surface area contributed by atoms with Gasteiger partial charge >= 0.3 is 5.69 Å². The first-order valence-electron chi connectivity index (χ1n) is 7.53. The van der Waals surface area contributed by atoms with E-state index in [9.17, 15) is 25.3 Å². The summed E-state index contributed by atoms with van der Waals surface area (Å²) < 4.78 is 10.6. The number of para-hydroxylation sites is 1. The van der Waals surface area contributed by atoms with Crippen LogP contribution in [-0.4, -0.2) is 53.6 Å². The summed E-state index contributed by atoms with van der Waals surface area (Å²) >= 11 is 0. The van der Waals surface area contributed by atoms with Gasteiger partial charge in [0, 0.05) is 18.7 Å². The molecule has 11 heteroatoms. The molecule has 2 N–H and O–H groups in total. The molecule has 0 radical (unpaired) electrons. The van der Waals surface area contributed by atoms with Gasteiger partial charge in [0.25, 0.3) is 5.09 Å². The van der Waals surface area contributed by atoms with Crippen LogP contribution in [-0.2, 0) is 4.84 Å². The Labute approximate surface area is 143 Å². The first-order valence-corrected chi connectivity index (χ1v) is 7.53. The Hall–Kier alpha value is -2.66. The molecule has 1 aromatic rings. The van der Waals surface area contributed by atoms with E-state index in [0.29, 0.717) is 6.54 Å². The maximum absolute atomic E-state index is 11.1. The first kappa shape index (κ1) is 20.4. The number of benzene rings is 1. The van der Waals surface area contributed by atoms with E-state index in [1.165, 1.54) is 18.2 Å². The number of nitro groups is 1. The summed E-state index contributed by atoms with van der Waals surface area (Å²) in [6.07, 6.45) is -0.827. The highest BCUT2D eigenvalue weighted by atomic mass is 17.0. The Kier molecular flexibility index (Phi) is 8.36. The average molecular weight is 359 g/mol. The van der Waals surface area contributed by atoms with Crippen molar-refractivity contribution in [3.05, 3.63) is 38.4 Å². The third-order valence-electron chi connectivity index (χ3n) is 2.87. The molecule has 0 aromatic heterocycles. The van der Waals surface area contributed by atoms with Crippen LogP contribution in [0.3, 0.4) is 0 Å². The highest BCUT2D eigenvalue weighted by molar-refractivity contribution is 5.55. The Morgan fingerprint density at radius 1 is 1.20 bits per heavy atom. The predicted octanol–water partition coefficient (Wildman–Crippen LogP) is 0.920. The summed E-state index contributed by atoms with van der Waals surface area (Å²) in [5.41, 5.74) is -0.353. The SMILES string of the molecule is CC(C)NCC(O)COc1cccc([N+](=O)[O-])c1OCCO[N+](=O)[O-]. The largest absolute Gasteiger partial charge is 0.487 e. The second-order valence-electron chi connectivity index (χ2n) is 5.29. The number of hydrogen-bond donors (Lipinski definition) is 2. The zero-order valence-corrected chi connectivity index (χ0v) is 13.9. The Morgan fingerprint density at radius 3 is 2.52 bits per heavy atom. The Bertz CT molecular complexity index is 581. The lowest BCUT2D eigenvalue weighted by Crippen LogP contribution is -2.35. The van der Waals surface area contributed by atoms with E-state index in [4.69, 9.17) is 9.47 Å². The quantitative estimate of drug-likeness (QED) is 0.316. The van der Waals surface area contributed by atoms with Crippen LogP contribution in [0.25, 0.3) is 0 Å². The number of nitro benzene ring substituents is 1. The van der Waals surface area contributed by atoms with Gasteiger partial charge in [0.05, 0.1) is 4.92 Å². The topological polar surface area (TPSA) is 146 Å². The molecule has 0 saturated heterocycles. The predicted molar refractivity (Wildman–Crippen MR) is 86.2 cm³/mol. The van der Waals surface area contributed by atoms with E-state index in [1.807, 2.05) is 13.8 Å². The minimum atomic E-state index is -0.988. The molecule has 25 heavy (non-hydrogen) atoms.